The van der Waals surface area contributed by atoms with E-state index in [4.69, 9.17) is 4.74 Å². The van der Waals surface area contributed by atoms with E-state index < -0.39 is 12.0 Å². The average Bonchev–Trinajstić information content (AvgIpc) is 2.83. The minimum absolute atomic E-state index is 0.0379. The number of nitrogens with one attached hydrogen (secondary N) is 1. The van der Waals surface area contributed by atoms with Gasteiger partial charge >= 0.3 is 5.97 Å². The highest BCUT2D eigenvalue weighted by Gasteiger charge is 2.39. The van der Waals surface area contributed by atoms with Crippen LogP contribution in [0, 0.1) is 0 Å². The summed E-state index contributed by atoms with van der Waals surface area (Å²) in [6.45, 7) is 2.70. The highest BCUT2D eigenvalue weighted by atomic mass is 16.5. The molecule has 0 unspecified atom stereocenters. The van der Waals surface area contributed by atoms with Crippen molar-refractivity contribution in [3.05, 3.63) is 35.4 Å². The molecule has 1 saturated heterocycles. The number of hydrogen-bond acceptors (Lipinski definition) is 6. The van der Waals surface area contributed by atoms with Crippen molar-refractivity contribution in [1.82, 2.24) is 15.1 Å². The first-order valence-electron chi connectivity index (χ1n) is 8.15. The molecule has 0 aromatic heterocycles. The van der Waals surface area contributed by atoms with Crippen LogP contribution in [0.2, 0.25) is 0 Å². The van der Waals surface area contributed by atoms with Crippen molar-refractivity contribution in [2.24, 2.45) is 0 Å². The minimum Gasteiger partial charge on any atom is -0.466 e. The van der Waals surface area contributed by atoms with Crippen molar-refractivity contribution in [2.45, 2.75) is 19.4 Å². The number of nitrogens with zero attached hydrogens (tertiary/aromatic N) is 2. The summed E-state index contributed by atoms with van der Waals surface area (Å²) in [7, 11) is 0. The predicted molar refractivity (Wildman–Crippen MR) is 86.6 cm³/mol. The van der Waals surface area contributed by atoms with Crippen LogP contribution in [-0.2, 0) is 14.3 Å². The van der Waals surface area contributed by atoms with Gasteiger partial charge in [0.2, 0.25) is 5.91 Å². The molecule has 1 aromatic rings. The van der Waals surface area contributed by atoms with Gasteiger partial charge in [0.25, 0.3) is 11.8 Å². The van der Waals surface area contributed by atoms with E-state index in [9.17, 15) is 19.2 Å². The Morgan fingerprint density at radius 1 is 1.20 bits per heavy atom. The molecule has 8 nitrogen and oxygen atoms in total. The number of rotatable bonds is 5. The van der Waals surface area contributed by atoms with Crippen LogP contribution in [0.5, 0.6) is 0 Å². The summed E-state index contributed by atoms with van der Waals surface area (Å²) in [6.07, 6.45) is -0.122. The molecule has 8 heteroatoms. The summed E-state index contributed by atoms with van der Waals surface area (Å²) in [5.41, 5.74) is 0.715. The number of esters is 1. The van der Waals surface area contributed by atoms with Crippen LogP contribution in [-0.4, -0.2) is 65.9 Å². The Balaban J connectivity index is 1.76. The molecule has 3 amide bonds. The van der Waals surface area contributed by atoms with E-state index in [1.54, 1.807) is 36.1 Å². The van der Waals surface area contributed by atoms with E-state index in [-0.39, 0.29) is 37.4 Å². The van der Waals surface area contributed by atoms with Gasteiger partial charge in [-0.05, 0) is 19.1 Å². The first-order chi connectivity index (χ1) is 12.0. The van der Waals surface area contributed by atoms with Crippen LogP contribution in [0.1, 0.15) is 34.1 Å². The van der Waals surface area contributed by atoms with Crippen LogP contribution < -0.4 is 5.32 Å². The number of piperazine rings is 1. The van der Waals surface area contributed by atoms with Crippen LogP contribution in [0.3, 0.4) is 0 Å². The van der Waals surface area contributed by atoms with Crippen molar-refractivity contribution in [2.75, 3.05) is 26.4 Å². The van der Waals surface area contributed by atoms with Crippen LogP contribution in [0.4, 0.5) is 0 Å². The average molecular weight is 345 g/mol. The van der Waals surface area contributed by atoms with Gasteiger partial charge in [0.1, 0.15) is 6.04 Å². The summed E-state index contributed by atoms with van der Waals surface area (Å²) in [4.78, 5) is 51.7. The summed E-state index contributed by atoms with van der Waals surface area (Å²) < 4.78 is 4.91. The van der Waals surface area contributed by atoms with Crippen LogP contribution >= 0.6 is 0 Å². The largest absolute Gasteiger partial charge is 0.466 e. The van der Waals surface area contributed by atoms with Gasteiger partial charge in [-0.3, -0.25) is 29.0 Å². The standard InChI is InChI=1S/C17H19N3O5/c1-2-25-14(21)9-13-15(22)18-7-8-19(13)10-20-16(23)11-5-3-4-6-12(11)17(20)24/h3-6,13H,2,7-10H2,1H3,(H,18,22)/t13-/m0/s1. The number of ether oxygens (including phenoxy) is 1. The first-order valence-corrected chi connectivity index (χ1v) is 8.15. The molecule has 2 heterocycles. The Bertz CT molecular complexity index is 698. The minimum atomic E-state index is -0.767. The summed E-state index contributed by atoms with van der Waals surface area (Å²) in [6, 6.07) is 5.84. The lowest BCUT2D eigenvalue weighted by Crippen LogP contribution is -2.59. The fourth-order valence-electron chi connectivity index (χ4n) is 3.08. The van der Waals surface area contributed by atoms with E-state index in [1.165, 1.54) is 0 Å². The maximum absolute atomic E-state index is 12.5. The van der Waals surface area contributed by atoms with Gasteiger partial charge in [0.15, 0.2) is 0 Å². The molecule has 0 bridgehead atoms. The number of hydrogen-bond donors (Lipinski definition) is 1. The fraction of sp³-hybridized carbons (Fsp3) is 0.412. The number of amides is 3. The Morgan fingerprint density at radius 2 is 1.84 bits per heavy atom. The Hall–Kier alpha value is -2.74. The number of carbonyl (C=O) groups is 4. The van der Waals surface area contributed by atoms with Gasteiger partial charge in [-0.25, -0.2) is 0 Å². The predicted octanol–water partition coefficient (Wildman–Crippen LogP) is -0.00630. The smallest absolute Gasteiger partial charge is 0.307 e. The molecule has 132 valence electrons. The maximum Gasteiger partial charge on any atom is 0.307 e. The van der Waals surface area contributed by atoms with E-state index in [0.717, 1.165) is 4.90 Å². The van der Waals surface area contributed by atoms with Gasteiger partial charge < -0.3 is 10.1 Å². The number of fused-ring (bicyclic) bond motifs is 1. The summed E-state index contributed by atoms with van der Waals surface area (Å²) in [5, 5.41) is 2.70. The molecule has 0 radical (unpaired) electrons. The molecule has 1 N–H and O–H groups in total. The van der Waals surface area contributed by atoms with Crippen LogP contribution in [0.15, 0.2) is 24.3 Å². The second-order valence-electron chi connectivity index (χ2n) is 5.85. The summed E-state index contributed by atoms with van der Waals surface area (Å²) >= 11 is 0. The molecule has 1 aromatic carbocycles. The summed E-state index contributed by atoms with van der Waals surface area (Å²) in [5.74, 6) is -1.57. The fourth-order valence-corrected chi connectivity index (χ4v) is 3.08. The van der Waals surface area contributed by atoms with Crippen molar-refractivity contribution in [3.8, 4) is 0 Å². The molecule has 3 rings (SSSR count). The van der Waals surface area contributed by atoms with E-state index >= 15 is 0 Å². The lowest BCUT2D eigenvalue weighted by molar-refractivity contribution is -0.148. The third-order valence-corrected chi connectivity index (χ3v) is 4.31. The molecule has 1 atom stereocenters. The molecule has 0 aliphatic carbocycles. The highest BCUT2D eigenvalue weighted by Crippen LogP contribution is 2.23. The van der Waals surface area contributed by atoms with Crippen molar-refractivity contribution in [1.29, 1.82) is 0 Å². The molecular weight excluding hydrogens is 326 g/mol. The number of benzene rings is 1. The van der Waals surface area contributed by atoms with E-state index in [1.807, 2.05) is 0 Å². The van der Waals surface area contributed by atoms with Gasteiger partial charge in [0.05, 0.1) is 30.8 Å². The van der Waals surface area contributed by atoms with Crippen LogP contribution in [0.25, 0.3) is 0 Å². The highest BCUT2D eigenvalue weighted by molar-refractivity contribution is 6.21. The molecule has 2 aliphatic rings. The number of imide groups is 1. The molecule has 0 spiro atoms. The van der Waals surface area contributed by atoms with Gasteiger partial charge in [-0.15, -0.1) is 0 Å². The molecule has 2 aliphatic heterocycles. The zero-order valence-corrected chi connectivity index (χ0v) is 13.9. The Labute approximate surface area is 144 Å². The molecular formula is C17H19N3O5. The maximum atomic E-state index is 12.5. The second kappa shape index (κ2) is 7.02. The normalized spacial score (nSPS) is 20.4. The zero-order chi connectivity index (χ0) is 18.0. The lowest BCUT2D eigenvalue weighted by Gasteiger charge is -2.36. The lowest BCUT2D eigenvalue weighted by atomic mass is 10.1. The van der Waals surface area contributed by atoms with Crippen molar-refractivity contribution in [3.63, 3.8) is 0 Å². The first kappa shape index (κ1) is 17.1. The Kier molecular flexibility index (Phi) is 4.80. The van der Waals surface area contributed by atoms with Gasteiger partial charge in [0, 0.05) is 13.1 Å². The number of carbonyl (C=O) groups excluding carboxylic acids is 4. The quantitative estimate of drug-likeness (QED) is 0.596. The Morgan fingerprint density at radius 3 is 2.44 bits per heavy atom. The van der Waals surface area contributed by atoms with Gasteiger partial charge in [-0.1, -0.05) is 12.1 Å². The zero-order valence-electron chi connectivity index (χ0n) is 13.9. The topological polar surface area (TPSA) is 96.0 Å². The SMILES string of the molecule is CCOC(=O)C[C@H]1C(=O)NCCN1CN1C(=O)c2ccccc2C1=O. The van der Waals surface area contributed by atoms with Gasteiger partial charge in [-0.2, -0.15) is 0 Å². The molecule has 1 fully saturated rings. The van der Waals surface area contributed by atoms with Crippen molar-refractivity contribution < 1.29 is 23.9 Å². The third kappa shape index (κ3) is 3.25. The third-order valence-electron chi connectivity index (χ3n) is 4.31. The molecule has 0 saturated carbocycles. The monoisotopic (exact) mass is 345 g/mol. The van der Waals surface area contributed by atoms with E-state index in [2.05, 4.69) is 5.32 Å². The second-order valence-corrected chi connectivity index (χ2v) is 5.85. The van der Waals surface area contributed by atoms with E-state index in [0.29, 0.717) is 24.2 Å². The van der Waals surface area contributed by atoms with Crippen molar-refractivity contribution >= 4 is 23.7 Å². The molecule has 25 heavy (non-hydrogen) atoms.